The molecule has 1 rings (SSSR count). The highest BCUT2D eigenvalue weighted by atomic mass is 16.2. The van der Waals surface area contributed by atoms with Gasteiger partial charge in [0, 0.05) is 17.8 Å². The molecular formula is C13H21NO. The summed E-state index contributed by atoms with van der Waals surface area (Å²) in [6.45, 7) is 8.71. The van der Waals surface area contributed by atoms with Crippen LogP contribution in [0.3, 0.4) is 0 Å². The first-order valence-electron chi connectivity index (χ1n) is 5.41. The van der Waals surface area contributed by atoms with Gasteiger partial charge in [0.05, 0.1) is 0 Å². The average Bonchev–Trinajstić information content (AvgIpc) is 2.50. The molecule has 0 radical (unpaired) electrons. The number of aliphatic hydroxyl groups excluding tert-OH is 1. The Bertz CT molecular complexity index is 316. The van der Waals surface area contributed by atoms with Gasteiger partial charge in [-0.1, -0.05) is 11.6 Å². The number of allylic oxidation sites excluding steroid dienone is 4. The van der Waals surface area contributed by atoms with Gasteiger partial charge in [-0.3, -0.25) is 0 Å². The Labute approximate surface area is 92.4 Å². The molecule has 2 nitrogen and oxygen atoms in total. The normalized spacial score (nSPS) is 19.1. The molecule has 2 N–H and O–H groups in total. The van der Waals surface area contributed by atoms with Crippen LogP contribution in [0.15, 0.2) is 35.1 Å². The monoisotopic (exact) mass is 207 g/mol. The maximum absolute atomic E-state index is 8.85. The Hall–Kier alpha value is -1.02. The summed E-state index contributed by atoms with van der Waals surface area (Å²) in [5, 5.41) is 12.3. The van der Waals surface area contributed by atoms with Crippen LogP contribution in [-0.2, 0) is 0 Å². The lowest BCUT2D eigenvalue weighted by Gasteiger charge is -2.21. The summed E-state index contributed by atoms with van der Waals surface area (Å²) < 4.78 is 0. The fraction of sp³-hybridized carbons (Fsp3) is 0.538. The minimum atomic E-state index is 0.0938. The van der Waals surface area contributed by atoms with Crippen molar-refractivity contribution in [2.75, 3.05) is 6.61 Å². The van der Waals surface area contributed by atoms with Gasteiger partial charge in [0.1, 0.15) is 0 Å². The van der Waals surface area contributed by atoms with E-state index in [1.54, 1.807) is 0 Å². The molecular weight excluding hydrogens is 186 g/mol. The van der Waals surface area contributed by atoms with Crippen LogP contribution in [0.5, 0.6) is 0 Å². The zero-order valence-corrected chi connectivity index (χ0v) is 10.1. The van der Waals surface area contributed by atoms with Crippen LogP contribution >= 0.6 is 0 Å². The lowest BCUT2D eigenvalue weighted by Crippen LogP contribution is -2.34. The molecule has 0 heterocycles. The summed E-state index contributed by atoms with van der Waals surface area (Å²) in [6, 6.07) is 0. The zero-order chi connectivity index (χ0) is 11.5. The summed E-state index contributed by atoms with van der Waals surface area (Å²) >= 11 is 0. The van der Waals surface area contributed by atoms with Crippen LogP contribution in [0.25, 0.3) is 0 Å². The quantitative estimate of drug-likeness (QED) is 0.745. The van der Waals surface area contributed by atoms with Gasteiger partial charge >= 0.3 is 0 Å². The van der Waals surface area contributed by atoms with E-state index in [9.17, 15) is 0 Å². The summed E-state index contributed by atoms with van der Waals surface area (Å²) in [5.41, 5.74) is 3.70. The molecule has 0 spiro atoms. The molecule has 0 aliphatic heterocycles. The van der Waals surface area contributed by atoms with Gasteiger partial charge in [-0.05, 0) is 51.8 Å². The van der Waals surface area contributed by atoms with E-state index in [1.165, 1.54) is 11.1 Å². The van der Waals surface area contributed by atoms with Crippen molar-refractivity contribution in [3.8, 4) is 0 Å². The fourth-order valence-electron chi connectivity index (χ4n) is 1.53. The molecule has 15 heavy (non-hydrogen) atoms. The lowest BCUT2D eigenvalue weighted by atomic mass is 10.1. The lowest BCUT2D eigenvalue weighted by molar-refractivity contribution is 0.299. The number of hydrogen-bond acceptors (Lipinski definition) is 2. The van der Waals surface area contributed by atoms with Gasteiger partial charge in [0.2, 0.25) is 0 Å². The maximum Gasteiger partial charge on any atom is 0.0468 e. The topological polar surface area (TPSA) is 32.3 Å². The van der Waals surface area contributed by atoms with Crippen molar-refractivity contribution < 1.29 is 5.11 Å². The molecule has 0 aromatic rings. The molecule has 0 amide bonds. The van der Waals surface area contributed by atoms with Crippen LogP contribution in [0.2, 0.25) is 0 Å². The molecule has 0 aromatic carbocycles. The third-order valence-electron chi connectivity index (χ3n) is 2.25. The third kappa shape index (κ3) is 3.92. The number of aliphatic hydroxyl groups is 1. The summed E-state index contributed by atoms with van der Waals surface area (Å²) in [5.74, 6) is 0. The van der Waals surface area contributed by atoms with Crippen molar-refractivity contribution in [3.63, 3.8) is 0 Å². The van der Waals surface area contributed by atoms with Crippen molar-refractivity contribution in [1.29, 1.82) is 0 Å². The molecule has 0 aromatic heterocycles. The van der Waals surface area contributed by atoms with Crippen molar-refractivity contribution in [2.45, 2.75) is 39.7 Å². The van der Waals surface area contributed by atoms with Gasteiger partial charge in [-0.15, -0.1) is 0 Å². The number of rotatable bonds is 3. The Morgan fingerprint density at radius 2 is 2.00 bits per heavy atom. The zero-order valence-electron chi connectivity index (χ0n) is 10.1. The van der Waals surface area contributed by atoms with Crippen molar-refractivity contribution in [1.82, 2.24) is 5.32 Å². The van der Waals surface area contributed by atoms with Crippen LogP contribution in [0.1, 0.15) is 34.1 Å². The standard InChI is InChI=1S/C13H21NO/c1-10(7-8-15)11-5-6-12(9-11)14-13(2,3)4/h5-6,9,14-15H,7-8H2,1-4H3. The van der Waals surface area contributed by atoms with Crippen LogP contribution in [0, 0.1) is 0 Å². The largest absolute Gasteiger partial charge is 0.396 e. The third-order valence-corrected chi connectivity index (χ3v) is 2.25. The first kappa shape index (κ1) is 12.1. The highest BCUT2D eigenvalue weighted by molar-refractivity contribution is 5.47. The van der Waals surface area contributed by atoms with E-state index in [1.807, 2.05) is 0 Å². The minimum Gasteiger partial charge on any atom is -0.396 e. The highest BCUT2D eigenvalue weighted by Crippen LogP contribution is 2.20. The molecule has 1 aliphatic rings. The maximum atomic E-state index is 8.85. The molecule has 0 atom stereocenters. The van der Waals surface area contributed by atoms with E-state index >= 15 is 0 Å². The summed E-state index contributed by atoms with van der Waals surface area (Å²) in [7, 11) is 0. The summed E-state index contributed by atoms with van der Waals surface area (Å²) in [6.07, 6.45) is 7.07. The van der Waals surface area contributed by atoms with Crippen molar-refractivity contribution in [3.05, 3.63) is 35.1 Å². The molecule has 84 valence electrons. The molecule has 0 bridgehead atoms. The molecule has 0 fully saturated rings. The summed E-state index contributed by atoms with van der Waals surface area (Å²) in [4.78, 5) is 0. The smallest absolute Gasteiger partial charge is 0.0468 e. The van der Waals surface area contributed by atoms with Crippen LogP contribution in [-0.4, -0.2) is 17.3 Å². The highest BCUT2D eigenvalue weighted by Gasteiger charge is 2.12. The Morgan fingerprint density at radius 3 is 2.53 bits per heavy atom. The van der Waals surface area contributed by atoms with E-state index in [-0.39, 0.29) is 12.1 Å². The predicted molar refractivity (Wildman–Crippen MR) is 64.5 cm³/mol. The van der Waals surface area contributed by atoms with Crippen LogP contribution < -0.4 is 5.32 Å². The van der Waals surface area contributed by atoms with Gasteiger partial charge in [-0.25, -0.2) is 0 Å². The van der Waals surface area contributed by atoms with Gasteiger partial charge in [0.15, 0.2) is 0 Å². The SMILES string of the molecule is CC(CCO)=C1C=CC(NC(C)(C)C)=C1. The first-order chi connectivity index (χ1) is 6.92. The Kier molecular flexibility index (Phi) is 3.75. The second-order valence-electron chi connectivity index (χ2n) is 5.02. The molecule has 0 unspecified atom stereocenters. The van der Waals surface area contributed by atoms with E-state index in [0.717, 1.165) is 12.1 Å². The van der Waals surface area contributed by atoms with E-state index in [0.29, 0.717) is 0 Å². The second-order valence-corrected chi connectivity index (χ2v) is 5.02. The second kappa shape index (κ2) is 4.67. The van der Waals surface area contributed by atoms with Gasteiger partial charge in [0.25, 0.3) is 0 Å². The van der Waals surface area contributed by atoms with E-state index < -0.39 is 0 Å². The Balaban J connectivity index is 2.72. The average molecular weight is 207 g/mol. The van der Waals surface area contributed by atoms with Crippen molar-refractivity contribution in [2.24, 2.45) is 0 Å². The van der Waals surface area contributed by atoms with Gasteiger partial charge in [-0.2, -0.15) is 0 Å². The van der Waals surface area contributed by atoms with E-state index in [4.69, 9.17) is 5.11 Å². The van der Waals surface area contributed by atoms with E-state index in [2.05, 4.69) is 51.2 Å². The first-order valence-corrected chi connectivity index (χ1v) is 5.41. The molecule has 0 saturated carbocycles. The number of hydrogen-bond donors (Lipinski definition) is 2. The molecule has 0 saturated heterocycles. The molecule has 2 heteroatoms. The minimum absolute atomic E-state index is 0.0938. The molecule has 1 aliphatic carbocycles. The Morgan fingerprint density at radius 1 is 1.33 bits per heavy atom. The number of nitrogens with one attached hydrogen (secondary N) is 1. The predicted octanol–water partition coefficient (Wildman–Crippen LogP) is 2.53. The van der Waals surface area contributed by atoms with Crippen molar-refractivity contribution >= 4 is 0 Å². The fourth-order valence-corrected chi connectivity index (χ4v) is 1.53. The van der Waals surface area contributed by atoms with Gasteiger partial charge < -0.3 is 10.4 Å². The van der Waals surface area contributed by atoms with Crippen LogP contribution in [0.4, 0.5) is 0 Å².